The number of nitriles is 1. The molecular formula is C14H15N3O2S2. The van der Waals surface area contributed by atoms with Gasteiger partial charge in [-0.1, -0.05) is 6.07 Å². The molecule has 2 rings (SSSR count). The van der Waals surface area contributed by atoms with Crippen LogP contribution in [0.4, 0.5) is 10.7 Å². The highest BCUT2D eigenvalue weighted by atomic mass is 32.2. The molecule has 3 N–H and O–H groups in total. The number of benzene rings is 1. The maximum atomic E-state index is 12.5. The monoisotopic (exact) mass is 321 g/mol. The minimum absolute atomic E-state index is 0.120. The van der Waals surface area contributed by atoms with E-state index in [1.807, 2.05) is 13.0 Å². The Balaban J connectivity index is 2.51. The molecular weight excluding hydrogens is 306 g/mol. The van der Waals surface area contributed by atoms with Gasteiger partial charge in [-0.15, -0.1) is 11.3 Å². The van der Waals surface area contributed by atoms with Crippen LogP contribution in [0.25, 0.3) is 0 Å². The molecule has 1 aromatic carbocycles. The molecule has 0 amide bonds. The van der Waals surface area contributed by atoms with Gasteiger partial charge in [0.2, 0.25) is 0 Å². The summed E-state index contributed by atoms with van der Waals surface area (Å²) >= 11 is 1.25. The van der Waals surface area contributed by atoms with Gasteiger partial charge in [0.25, 0.3) is 10.0 Å². The van der Waals surface area contributed by atoms with Crippen LogP contribution in [0.2, 0.25) is 0 Å². The highest BCUT2D eigenvalue weighted by Gasteiger charge is 2.22. The zero-order valence-corrected chi connectivity index (χ0v) is 13.5. The van der Waals surface area contributed by atoms with Crippen molar-refractivity contribution in [2.75, 3.05) is 10.5 Å². The van der Waals surface area contributed by atoms with Gasteiger partial charge < -0.3 is 5.73 Å². The first-order valence-electron chi connectivity index (χ1n) is 6.16. The van der Waals surface area contributed by atoms with Gasteiger partial charge in [0.1, 0.15) is 11.1 Å². The van der Waals surface area contributed by atoms with Crippen molar-refractivity contribution >= 4 is 32.0 Å². The molecule has 0 unspecified atom stereocenters. The number of sulfonamides is 1. The van der Waals surface area contributed by atoms with E-state index in [-0.39, 0.29) is 4.90 Å². The van der Waals surface area contributed by atoms with Crippen LogP contribution in [0.15, 0.2) is 23.1 Å². The van der Waals surface area contributed by atoms with E-state index in [1.165, 1.54) is 17.4 Å². The van der Waals surface area contributed by atoms with Gasteiger partial charge in [0, 0.05) is 10.6 Å². The number of aryl methyl sites for hydroxylation is 1. The number of thiophene rings is 1. The van der Waals surface area contributed by atoms with Gasteiger partial charge in [-0.05, 0) is 44.0 Å². The van der Waals surface area contributed by atoms with Crippen molar-refractivity contribution in [1.29, 1.82) is 5.26 Å². The zero-order chi connectivity index (χ0) is 15.8. The second kappa shape index (κ2) is 5.39. The summed E-state index contributed by atoms with van der Waals surface area (Å²) in [6, 6.07) is 6.77. The van der Waals surface area contributed by atoms with Crippen LogP contribution in [-0.4, -0.2) is 8.42 Å². The molecule has 0 aliphatic rings. The maximum absolute atomic E-state index is 12.5. The van der Waals surface area contributed by atoms with E-state index >= 15 is 0 Å². The van der Waals surface area contributed by atoms with Crippen LogP contribution in [0.1, 0.15) is 21.6 Å². The molecule has 1 heterocycles. The van der Waals surface area contributed by atoms with Gasteiger partial charge in [-0.2, -0.15) is 5.26 Å². The molecule has 0 atom stereocenters. The van der Waals surface area contributed by atoms with Crippen LogP contribution < -0.4 is 10.5 Å². The molecule has 2 aromatic rings. The molecule has 0 aliphatic carbocycles. The molecule has 7 heteroatoms. The van der Waals surface area contributed by atoms with Crippen LogP contribution in [0.5, 0.6) is 0 Å². The van der Waals surface area contributed by atoms with Crippen LogP contribution in [0, 0.1) is 32.1 Å². The lowest BCUT2D eigenvalue weighted by Crippen LogP contribution is -2.14. The summed E-state index contributed by atoms with van der Waals surface area (Å²) in [5.74, 6) is 0. The predicted molar refractivity (Wildman–Crippen MR) is 84.9 cm³/mol. The smallest absolute Gasteiger partial charge is 0.262 e. The quantitative estimate of drug-likeness (QED) is 0.849. The Morgan fingerprint density at radius 2 is 1.90 bits per heavy atom. The van der Waals surface area contributed by atoms with Crippen molar-refractivity contribution < 1.29 is 8.42 Å². The molecule has 1 aromatic heterocycles. The fraction of sp³-hybridized carbons (Fsp3) is 0.214. The second-order valence-corrected chi connectivity index (χ2v) is 7.55. The molecule has 0 bridgehead atoms. The standard InChI is InChI=1S/C14H15N3O2S2/c1-8-10(3)20-14(11(8)7-15)17-21(18,19)13-6-4-5-12(16)9(13)2/h4-6,17H,16H2,1-3H3. The lowest BCUT2D eigenvalue weighted by Gasteiger charge is -2.10. The Hall–Kier alpha value is -2.04. The molecule has 0 radical (unpaired) electrons. The summed E-state index contributed by atoms with van der Waals surface area (Å²) in [6.07, 6.45) is 0. The van der Waals surface area contributed by atoms with Crippen molar-refractivity contribution in [2.24, 2.45) is 0 Å². The summed E-state index contributed by atoms with van der Waals surface area (Å²) in [5.41, 5.74) is 7.82. The molecule has 0 aliphatic heterocycles. The third-order valence-electron chi connectivity index (χ3n) is 3.34. The first-order valence-corrected chi connectivity index (χ1v) is 8.46. The van der Waals surface area contributed by atoms with E-state index in [0.717, 1.165) is 10.4 Å². The fourth-order valence-electron chi connectivity index (χ4n) is 1.93. The van der Waals surface area contributed by atoms with Gasteiger partial charge in [0.15, 0.2) is 0 Å². The van der Waals surface area contributed by atoms with Crippen molar-refractivity contribution in [3.8, 4) is 6.07 Å². The lowest BCUT2D eigenvalue weighted by atomic mass is 10.2. The minimum atomic E-state index is -3.77. The minimum Gasteiger partial charge on any atom is -0.398 e. The molecule has 0 spiro atoms. The second-order valence-electron chi connectivity index (χ2n) is 4.68. The first kappa shape index (κ1) is 15.4. The Bertz CT molecular complexity index is 846. The molecule has 21 heavy (non-hydrogen) atoms. The normalized spacial score (nSPS) is 11.1. The van der Waals surface area contributed by atoms with Gasteiger partial charge in [0.05, 0.1) is 10.5 Å². The van der Waals surface area contributed by atoms with Crippen LogP contribution >= 0.6 is 11.3 Å². The number of nitrogen functional groups attached to an aromatic ring is 1. The van der Waals surface area contributed by atoms with Gasteiger partial charge >= 0.3 is 0 Å². The van der Waals surface area contributed by atoms with Crippen molar-refractivity contribution in [1.82, 2.24) is 0 Å². The van der Waals surface area contributed by atoms with Gasteiger partial charge in [-0.3, -0.25) is 4.72 Å². The number of hydrogen-bond donors (Lipinski definition) is 2. The van der Waals surface area contributed by atoms with E-state index in [0.29, 0.717) is 21.8 Å². The number of rotatable bonds is 3. The summed E-state index contributed by atoms with van der Waals surface area (Å²) in [6.45, 7) is 5.30. The Kier molecular flexibility index (Phi) is 3.94. The third-order valence-corrected chi connectivity index (χ3v) is 6.09. The largest absolute Gasteiger partial charge is 0.398 e. The SMILES string of the molecule is Cc1sc(NS(=O)(=O)c2cccc(N)c2C)c(C#N)c1C. The molecule has 0 saturated heterocycles. The van der Waals surface area contributed by atoms with Crippen molar-refractivity contribution in [3.05, 3.63) is 39.8 Å². The Morgan fingerprint density at radius 1 is 1.24 bits per heavy atom. The highest BCUT2D eigenvalue weighted by molar-refractivity contribution is 7.93. The van der Waals surface area contributed by atoms with Crippen LogP contribution in [-0.2, 0) is 10.0 Å². The molecule has 5 nitrogen and oxygen atoms in total. The summed E-state index contributed by atoms with van der Waals surface area (Å²) in [4.78, 5) is 1.03. The average molecular weight is 321 g/mol. The number of nitrogens with two attached hydrogens (primary N) is 1. The van der Waals surface area contributed by atoms with E-state index < -0.39 is 10.0 Å². The van der Waals surface area contributed by atoms with E-state index in [1.54, 1.807) is 26.0 Å². The number of nitrogens with zero attached hydrogens (tertiary/aromatic N) is 1. The first-order chi connectivity index (χ1) is 9.77. The average Bonchev–Trinajstić information content (AvgIpc) is 2.66. The molecule has 0 saturated carbocycles. The third kappa shape index (κ3) is 2.73. The Labute approximate surface area is 128 Å². The fourth-order valence-corrected chi connectivity index (χ4v) is 4.53. The van der Waals surface area contributed by atoms with Crippen molar-refractivity contribution in [2.45, 2.75) is 25.7 Å². The van der Waals surface area contributed by atoms with E-state index in [2.05, 4.69) is 4.72 Å². The highest BCUT2D eigenvalue weighted by Crippen LogP contribution is 2.34. The summed E-state index contributed by atoms with van der Waals surface area (Å²) < 4.78 is 27.5. The number of nitrogens with one attached hydrogen (secondary N) is 1. The molecule has 110 valence electrons. The summed E-state index contributed by atoms with van der Waals surface area (Å²) in [7, 11) is -3.77. The zero-order valence-electron chi connectivity index (χ0n) is 11.9. The van der Waals surface area contributed by atoms with Crippen LogP contribution in [0.3, 0.4) is 0 Å². The van der Waals surface area contributed by atoms with E-state index in [4.69, 9.17) is 5.73 Å². The maximum Gasteiger partial charge on any atom is 0.262 e. The lowest BCUT2D eigenvalue weighted by molar-refractivity contribution is 0.601. The van der Waals surface area contributed by atoms with Gasteiger partial charge in [-0.25, -0.2) is 8.42 Å². The Morgan fingerprint density at radius 3 is 2.52 bits per heavy atom. The number of anilines is 2. The summed E-state index contributed by atoms with van der Waals surface area (Å²) in [5, 5.41) is 9.52. The predicted octanol–water partition coefficient (Wildman–Crippen LogP) is 2.93. The van der Waals surface area contributed by atoms with Crippen molar-refractivity contribution in [3.63, 3.8) is 0 Å². The number of hydrogen-bond acceptors (Lipinski definition) is 5. The van der Waals surface area contributed by atoms with E-state index in [9.17, 15) is 13.7 Å². The topological polar surface area (TPSA) is 96.0 Å². The molecule has 0 fully saturated rings.